The molecule has 0 N–H and O–H groups in total. The summed E-state index contributed by atoms with van der Waals surface area (Å²) >= 11 is 9.99. The van der Waals surface area contributed by atoms with Crippen molar-refractivity contribution in [2.24, 2.45) is 0 Å². The third kappa shape index (κ3) is 6.27. The molecular weight excluding hydrogens is 1730 g/mol. The van der Waals surface area contributed by atoms with Gasteiger partial charge >= 0.3 is 378 Å². The van der Waals surface area contributed by atoms with Gasteiger partial charge in [-0.3, -0.25) is 0 Å². The van der Waals surface area contributed by atoms with Gasteiger partial charge in [0.15, 0.2) is 0 Å². The summed E-state index contributed by atoms with van der Waals surface area (Å²) in [5.74, 6) is -21.3. The maximum absolute atomic E-state index is 16.8. The third-order valence-corrected chi connectivity index (χ3v) is 24.2. The van der Waals surface area contributed by atoms with E-state index in [0.29, 0.717) is 0 Å². The van der Waals surface area contributed by atoms with E-state index in [1.807, 2.05) is 0 Å². The molecule has 0 radical (unpaired) electrons. The number of hydrogen-bond acceptors (Lipinski definition) is 0. The number of hydrogen-bond donors (Lipinski definition) is 0. The molecule has 0 aliphatic rings. The molecule has 21 heteroatoms. The van der Waals surface area contributed by atoms with Gasteiger partial charge in [0, 0.05) is 0 Å². The van der Waals surface area contributed by atoms with E-state index in [0.717, 1.165) is 45.2 Å². The molecular formula is C24BF11I8Tl-. The molecule has 0 nitrogen and oxygen atoms in total. The Morgan fingerprint density at radius 3 is 0.911 bits per heavy atom. The SMILES string of the molecule is Fc1c(F)c(I)c([B-](c2c(F)c(I)[c]([Tl])c(I)c2F)(c2c(F)c(F)c(F)c(I)c2I)c2c(F)c(F)c(F)c(I)c2I)c(I)c1F. The van der Waals surface area contributed by atoms with Gasteiger partial charge in [-0.2, -0.15) is 0 Å². The van der Waals surface area contributed by atoms with E-state index in [-0.39, 0.29) is 36.0 Å². The van der Waals surface area contributed by atoms with Crippen molar-refractivity contribution in [3.63, 3.8) is 0 Å². The Morgan fingerprint density at radius 2 is 0.578 bits per heavy atom. The molecule has 4 aromatic carbocycles. The Bertz CT molecular complexity index is 1590. The Balaban J connectivity index is 2.69. The first kappa shape index (κ1) is 40.7. The summed E-state index contributed by atoms with van der Waals surface area (Å²) < 4.78 is 168. The zero-order valence-electron chi connectivity index (χ0n) is 20.3. The molecule has 0 aliphatic carbocycles. The molecule has 0 spiro atoms. The van der Waals surface area contributed by atoms with Crippen molar-refractivity contribution < 1.29 is 48.3 Å². The molecule has 4 rings (SSSR count). The molecule has 0 amide bonds. The molecule has 0 fully saturated rings. The van der Waals surface area contributed by atoms with Crippen molar-refractivity contribution in [3.05, 3.63) is 92.6 Å². The van der Waals surface area contributed by atoms with Crippen LogP contribution in [0.5, 0.6) is 0 Å². The quantitative estimate of drug-likeness (QED) is 0.0636. The van der Waals surface area contributed by atoms with Crippen LogP contribution in [0.15, 0.2) is 0 Å². The van der Waals surface area contributed by atoms with Crippen molar-refractivity contribution in [1.82, 2.24) is 0 Å². The topological polar surface area (TPSA) is 0 Å². The Kier molecular flexibility index (Phi) is 13.7. The normalized spacial score (nSPS) is 12.0. The first-order valence-electron chi connectivity index (χ1n) is 11.0. The first-order chi connectivity index (χ1) is 20.7. The van der Waals surface area contributed by atoms with E-state index in [9.17, 15) is 13.2 Å². The van der Waals surface area contributed by atoms with E-state index in [4.69, 9.17) is 0 Å². The molecule has 45 heavy (non-hydrogen) atoms. The van der Waals surface area contributed by atoms with Gasteiger partial charge in [-0.15, -0.1) is 0 Å². The van der Waals surface area contributed by atoms with Crippen LogP contribution in [-0.2, 0) is 0 Å². The van der Waals surface area contributed by atoms with Gasteiger partial charge in [0.05, 0.1) is 0 Å². The van der Waals surface area contributed by atoms with Crippen molar-refractivity contribution in [1.29, 1.82) is 0 Å². The van der Waals surface area contributed by atoms with Crippen LogP contribution in [-0.4, -0.2) is 31.9 Å². The molecule has 0 unspecified atom stereocenters. The van der Waals surface area contributed by atoms with E-state index in [1.165, 1.54) is 136 Å². The Labute approximate surface area is 371 Å². The van der Waals surface area contributed by atoms with E-state index >= 15 is 35.1 Å². The molecule has 0 aliphatic heterocycles. The van der Waals surface area contributed by atoms with Crippen LogP contribution in [0.2, 0.25) is 0 Å². The van der Waals surface area contributed by atoms with Crippen molar-refractivity contribution >= 4 is 238 Å². The Morgan fingerprint density at radius 1 is 0.289 bits per heavy atom. The van der Waals surface area contributed by atoms with Gasteiger partial charge in [-0.1, -0.05) is 0 Å². The fraction of sp³-hybridized carbons (Fsp3) is 0. The number of rotatable bonds is 4. The van der Waals surface area contributed by atoms with Crippen LogP contribution in [0.1, 0.15) is 0 Å². The third-order valence-electron chi connectivity index (χ3n) is 6.79. The van der Waals surface area contributed by atoms with E-state index in [1.54, 1.807) is 0 Å². The average Bonchev–Trinajstić information content (AvgIpc) is 3.00. The predicted octanol–water partition coefficient (Wildman–Crippen LogP) is 8.22. The number of halogens is 19. The van der Waals surface area contributed by atoms with Crippen LogP contribution in [0.4, 0.5) is 48.3 Å². The van der Waals surface area contributed by atoms with Gasteiger partial charge < -0.3 is 0 Å². The zero-order chi connectivity index (χ0) is 34.4. The van der Waals surface area contributed by atoms with Gasteiger partial charge in [-0.05, 0) is 0 Å². The first-order valence-corrected chi connectivity index (χ1v) is 21.9. The second-order valence-corrected chi connectivity index (χ2v) is 19.8. The molecule has 236 valence electrons. The van der Waals surface area contributed by atoms with Crippen molar-refractivity contribution in [2.45, 2.75) is 0 Å². The summed E-state index contributed by atoms with van der Waals surface area (Å²) in [4.78, 5) is 0. The van der Waals surface area contributed by atoms with Crippen LogP contribution < -0.4 is 25.0 Å². The number of benzene rings is 4. The van der Waals surface area contributed by atoms with Crippen LogP contribution >= 0.6 is 181 Å². The van der Waals surface area contributed by atoms with Crippen LogP contribution in [0, 0.1) is 92.6 Å². The summed E-state index contributed by atoms with van der Waals surface area (Å²) in [6, 6.07) is 0. The second kappa shape index (κ2) is 15.1. The zero-order valence-corrected chi connectivity index (χ0v) is 42.1. The summed E-state index contributed by atoms with van der Waals surface area (Å²) in [5.41, 5.74) is -4.79. The molecule has 0 saturated carbocycles. The van der Waals surface area contributed by atoms with Crippen molar-refractivity contribution in [3.8, 4) is 0 Å². The summed E-state index contributed by atoms with van der Waals surface area (Å²) in [6.45, 7) is 0. The molecule has 4 aromatic rings. The van der Waals surface area contributed by atoms with Gasteiger partial charge in [0.1, 0.15) is 0 Å². The fourth-order valence-electron chi connectivity index (χ4n) is 4.92. The predicted molar refractivity (Wildman–Crippen MR) is 217 cm³/mol. The molecule has 0 saturated heterocycles. The summed E-state index contributed by atoms with van der Waals surface area (Å²) in [6.07, 6.45) is -4.62. The van der Waals surface area contributed by atoms with Crippen LogP contribution in [0.25, 0.3) is 0 Å². The van der Waals surface area contributed by atoms with Gasteiger partial charge in [-0.25, -0.2) is 0 Å². The molecule has 0 aromatic heterocycles. The second-order valence-electron chi connectivity index (χ2n) is 8.90. The maximum atomic E-state index is 16.8. The summed E-state index contributed by atoms with van der Waals surface area (Å²) in [5, 5.41) is 0. The van der Waals surface area contributed by atoms with Crippen molar-refractivity contribution in [2.75, 3.05) is 0 Å². The monoisotopic (exact) mass is 1730 g/mol. The molecule has 0 atom stereocenters. The van der Waals surface area contributed by atoms with Gasteiger partial charge in [0.25, 0.3) is 0 Å². The molecule has 0 heterocycles. The summed E-state index contributed by atoms with van der Waals surface area (Å²) in [7, 11) is 0. The Hall–Kier alpha value is 2.94. The van der Waals surface area contributed by atoms with Crippen LogP contribution in [0.3, 0.4) is 0 Å². The fourth-order valence-corrected chi connectivity index (χ4v) is 12.9. The standard InChI is InChI=1S/C24BF11I8.Tl/c26-8-2(37)1-3(38)9(27)4(8)25(5-10(28)12(30)17(35)23(43)21(5)41,6-11(29)13(31)18(36)24(44)22(6)42)7-19(39)15(33)14(32)16(34)20(7)40;/q-1;. The minimum atomic E-state index is -4.62. The average molecular weight is 1730 g/mol. The van der Waals surface area contributed by atoms with Gasteiger partial charge in [0.2, 0.25) is 0 Å². The van der Waals surface area contributed by atoms with E-state index < -0.39 is 113 Å². The minimum absolute atomic E-state index is 0.144. The molecule has 0 bridgehead atoms. The van der Waals surface area contributed by atoms with E-state index in [2.05, 4.69) is 0 Å².